The Morgan fingerprint density at radius 2 is 2.00 bits per heavy atom. The topological polar surface area (TPSA) is 64.3 Å². The van der Waals surface area contributed by atoms with Crippen molar-refractivity contribution >= 4 is 17.5 Å². The number of rotatable bonds is 4. The van der Waals surface area contributed by atoms with Crippen LogP contribution in [0, 0.1) is 13.8 Å². The summed E-state index contributed by atoms with van der Waals surface area (Å²) in [6.07, 6.45) is -0.0380. The third-order valence-electron chi connectivity index (χ3n) is 2.49. The summed E-state index contributed by atoms with van der Waals surface area (Å²) in [6.45, 7) is 5.65. The molecule has 0 aliphatic carbocycles. The van der Waals surface area contributed by atoms with E-state index in [1.807, 2.05) is 32.9 Å². The molecule has 1 atom stereocenters. The van der Waals surface area contributed by atoms with Crippen molar-refractivity contribution in [1.29, 1.82) is 0 Å². The molecule has 0 aliphatic rings. The van der Waals surface area contributed by atoms with Crippen LogP contribution in [0.25, 0.3) is 0 Å². The number of hydrogen-bond donors (Lipinski definition) is 2. The smallest absolute Gasteiger partial charge is 0.274 e. The Kier molecular flexibility index (Phi) is 4.78. The fraction of sp³-hybridized carbons (Fsp3) is 0.417. The Hall–Kier alpha value is -1.26. The number of aryl methyl sites for hydroxylation is 2. The molecule has 1 aromatic carbocycles. The molecule has 0 aliphatic heterocycles. The van der Waals surface area contributed by atoms with E-state index in [0.29, 0.717) is 17.2 Å². The second-order valence-corrected chi connectivity index (χ2v) is 4.27. The lowest BCUT2D eigenvalue weighted by molar-refractivity contribution is -0.128. The van der Waals surface area contributed by atoms with Crippen LogP contribution in [-0.2, 0) is 4.79 Å². The molecule has 0 bridgehead atoms. The van der Waals surface area contributed by atoms with E-state index in [9.17, 15) is 4.79 Å². The molecule has 5 heteroatoms. The molecule has 94 valence electrons. The molecule has 0 radical (unpaired) electrons. The van der Waals surface area contributed by atoms with Crippen LogP contribution >= 0.6 is 11.6 Å². The SMILES string of the molecule is CCC(Oc1cc(C)c(Cl)c(C)c1)C(=O)NN. The van der Waals surface area contributed by atoms with E-state index in [-0.39, 0.29) is 5.91 Å². The number of benzene rings is 1. The van der Waals surface area contributed by atoms with Crippen molar-refractivity contribution in [2.75, 3.05) is 0 Å². The van der Waals surface area contributed by atoms with E-state index in [2.05, 4.69) is 5.43 Å². The molecule has 0 heterocycles. The summed E-state index contributed by atoms with van der Waals surface area (Å²) in [5, 5.41) is 0.716. The number of carbonyl (C=O) groups excluding carboxylic acids is 1. The first-order chi connectivity index (χ1) is 7.99. The maximum atomic E-state index is 11.4. The van der Waals surface area contributed by atoms with Crippen LogP contribution in [0.3, 0.4) is 0 Å². The summed E-state index contributed by atoms with van der Waals surface area (Å²) in [7, 11) is 0. The van der Waals surface area contributed by atoms with E-state index >= 15 is 0 Å². The summed E-state index contributed by atoms with van der Waals surface area (Å²) in [5.41, 5.74) is 3.93. The van der Waals surface area contributed by atoms with Gasteiger partial charge in [-0.2, -0.15) is 0 Å². The third kappa shape index (κ3) is 3.35. The van der Waals surface area contributed by atoms with Gasteiger partial charge in [0.1, 0.15) is 5.75 Å². The van der Waals surface area contributed by atoms with Crippen LogP contribution in [0.4, 0.5) is 0 Å². The molecule has 0 aromatic heterocycles. The number of carbonyl (C=O) groups is 1. The minimum Gasteiger partial charge on any atom is -0.481 e. The van der Waals surface area contributed by atoms with Crippen molar-refractivity contribution in [2.45, 2.75) is 33.3 Å². The number of amides is 1. The standard InChI is InChI=1S/C12H17ClN2O2/c1-4-10(12(16)15-14)17-9-5-7(2)11(13)8(3)6-9/h5-6,10H,4,14H2,1-3H3,(H,15,16). The van der Waals surface area contributed by atoms with E-state index in [4.69, 9.17) is 22.2 Å². The zero-order valence-electron chi connectivity index (χ0n) is 10.2. The third-order valence-corrected chi connectivity index (χ3v) is 3.09. The van der Waals surface area contributed by atoms with Crippen LogP contribution < -0.4 is 16.0 Å². The lowest BCUT2D eigenvalue weighted by Gasteiger charge is -2.17. The Morgan fingerprint density at radius 3 is 2.41 bits per heavy atom. The van der Waals surface area contributed by atoms with Gasteiger partial charge in [0, 0.05) is 5.02 Å². The average molecular weight is 257 g/mol. The van der Waals surface area contributed by atoms with E-state index in [1.54, 1.807) is 0 Å². The number of halogens is 1. The van der Waals surface area contributed by atoms with Gasteiger partial charge in [-0.3, -0.25) is 10.2 Å². The Bertz CT molecular complexity index is 398. The predicted molar refractivity (Wildman–Crippen MR) is 68.0 cm³/mol. The van der Waals surface area contributed by atoms with Crippen LogP contribution in [-0.4, -0.2) is 12.0 Å². The monoisotopic (exact) mass is 256 g/mol. The second kappa shape index (κ2) is 5.89. The second-order valence-electron chi connectivity index (χ2n) is 3.89. The fourth-order valence-electron chi connectivity index (χ4n) is 1.55. The zero-order valence-corrected chi connectivity index (χ0v) is 11.0. The highest BCUT2D eigenvalue weighted by atomic mass is 35.5. The lowest BCUT2D eigenvalue weighted by atomic mass is 10.1. The average Bonchev–Trinajstić information content (AvgIpc) is 2.31. The van der Waals surface area contributed by atoms with E-state index < -0.39 is 6.10 Å². The van der Waals surface area contributed by atoms with E-state index in [0.717, 1.165) is 11.1 Å². The van der Waals surface area contributed by atoms with Gasteiger partial charge in [0.25, 0.3) is 5.91 Å². The van der Waals surface area contributed by atoms with E-state index in [1.165, 1.54) is 0 Å². The molecule has 1 unspecified atom stereocenters. The Morgan fingerprint density at radius 1 is 1.47 bits per heavy atom. The van der Waals surface area contributed by atoms with Gasteiger partial charge in [-0.05, 0) is 43.5 Å². The molecule has 1 aromatic rings. The Balaban J connectivity index is 2.91. The van der Waals surface area contributed by atoms with Gasteiger partial charge in [-0.1, -0.05) is 18.5 Å². The molecule has 0 saturated carbocycles. The molecule has 3 N–H and O–H groups in total. The van der Waals surface area contributed by atoms with Gasteiger partial charge < -0.3 is 4.74 Å². The van der Waals surface area contributed by atoms with Crippen LogP contribution in [0.5, 0.6) is 5.75 Å². The molecular formula is C12H17ClN2O2. The summed E-state index contributed by atoms with van der Waals surface area (Å²) < 4.78 is 5.58. The quantitative estimate of drug-likeness (QED) is 0.493. The summed E-state index contributed by atoms with van der Waals surface area (Å²) in [6, 6.07) is 3.61. The zero-order chi connectivity index (χ0) is 13.0. The first kappa shape index (κ1) is 13.8. The van der Waals surface area contributed by atoms with Crippen molar-refractivity contribution < 1.29 is 9.53 Å². The molecule has 17 heavy (non-hydrogen) atoms. The highest BCUT2D eigenvalue weighted by Crippen LogP contribution is 2.26. The van der Waals surface area contributed by atoms with Crippen molar-refractivity contribution in [3.8, 4) is 5.75 Å². The fourth-order valence-corrected chi connectivity index (χ4v) is 1.66. The van der Waals surface area contributed by atoms with Crippen LogP contribution in [0.1, 0.15) is 24.5 Å². The normalized spacial score (nSPS) is 12.1. The minimum absolute atomic E-state index is 0.335. The maximum absolute atomic E-state index is 11.4. The summed E-state index contributed by atoms with van der Waals surface area (Å²) >= 11 is 6.06. The summed E-state index contributed by atoms with van der Waals surface area (Å²) in [5.74, 6) is 5.37. The largest absolute Gasteiger partial charge is 0.481 e. The van der Waals surface area contributed by atoms with Crippen LogP contribution in [0.2, 0.25) is 5.02 Å². The van der Waals surface area contributed by atoms with Gasteiger partial charge in [-0.15, -0.1) is 0 Å². The number of hydrogen-bond acceptors (Lipinski definition) is 3. The Labute approximate surface area is 106 Å². The number of nitrogens with two attached hydrogens (primary N) is 1. The first-order valence-electron chi connectivity index (χ1n) is 5.43. The minimum atomic E-state index is -0.583. The molecule has 1 rings (SSSR count). The van der Waals surface area contributed by atoms with Gasteiger partial charge in [-0.25, -0.2) is 5.84 Å². The first-order valence-corrected chi connectivity index (χ1v) is 5.81. The van der Waals surface area contributed by atoms with Gasteiger partial charge in [0.2, 0.25) is 0 Å². The lowest BCUT2D eigenvalue weighted by Crippen LogP contribution is -2.41. The molecule has 1 amide bonds. The van der Waals surface area contributed by atoms with Crippen molar-refractivity contribution in [1.82, 2.24) is 5.43 Å². The molecule has 0 spiro atoms. The van der Waals surface area contributed by atoms with Crippen LogP contribution in [0.15, 0.2) is 12.1 Å². The predicted octanol–water partition coefficient (Wildman–Crippen LogP) is 2.10. The molecule has 0 saturated heterocycles. The number of ether oxygens (including phenoxy) is 1. The van der Waals surface area contributed by atoms with Crippen molar-refractivity contribution in [2.24, 2.45) is 5.84 Å². The van der Waals surface area contributed by atoms with Crippen molar-refractivity contribution in [3.05, 3.63) is 28.3 Å². The van der Waals surface area contributed by atoms with Gasteiger partial charge in [0.15, 0.2) is 6.10 Å². The number of nitrogens with one attached hydrogen (secondary N) is 1. The van der Waals surface area contributed by atoms with Gasteiger partial charge >= 0.3 is 0 Å². The molecular weight excluding hydrogens is 240 g/mol. The number of hydrazine groups is 1. The van der Waals surface area contributed by atoms with Gasteiger partial charge in [0.05, 0.1) is 0 Å². The van der Waals surface area contributed by atoms with Crippen molar-refractivity contribution in [3.63, 3.8) is 0 Å². The maximum Gasteiger partial charge on any atom is 0.274 e. The highest BCUT2D eigenvalue weighted by Gasteiger charge is 2.17. The molecule has 4 nitrogen and oxygen atoms in total. The highest BCUT2D eigenvalue weighted by molar-refractivity contribution is 6.32. The summed E-state index contributed by atoms with van der Waals surface area (Å²) in [4.78, 5) is 11.4. The molecule has 0 fully saturated rings.